The Kier molecular flexibility index (Phi) is 14.3. The lowest BCUT2D eigenvalue weighted by molar-refractivity contribution is 0.669. The quantitative estimate of drug-likeness (QED) is 0.0710. The average molecular weight is 958 g/mol. The van der Waals surface area contributed by atoms with E-state index in [0.717, 1.165) is 83.9 Å². The predicted octanol–water partition coefficient (Wildman–Crippen LogP) is 18.5. The number of anilines is 8. The molecule has 0 saturated heterocycles. The van der Waals surface area contributed by atoms with Crippen LogP contribution in [-0.4, -0.2) is 6.85 Å². The maximum atomic E-state index is 6.81. The molecule has 2 aliphatic heterocycles. The molecule has 0 atom stereocenters. The van der Waals surface area contributed by atoms with Gasteiger partial charge in [0.15, 0.2) is 0 Å². The van der Waals surface area contributed by atoms with E-state index in [1.54, 1.807) is 0 Å². The van der Waals surface area contributed by atoms with E-state index >= 15 is 0 Å². The fourth-order valence-electron chi connectivity index (χ4n) is 11.7. The van der Waals surface area contributed by atoms with Crippen LogP contribution < -0.4 is 25.5 Å². The van der Waals surface area contributed by atoms with Crippen molar-refractivity contribution >= 4 is 85.2 Å². The van der Waals surface area contributed by atoms with Crippen molar-refractivity contribution in [3.8, 4) is 11.1 Å². The van der Waals surface area contributed by atoms with Gasteiger partial charge in [0.2, 0.25) is 0 Å². The van der Waals surface area contributed by atoms with Gasteiger partial charge in [-0.3, -0.25) is 0 Å². The lowest BCUT2D eigenvalue weighted by atomic mass is 9.43. The third-order valence-electron chi connectivity index (χ3n) is 15.7. The highest BCUT2D eigenvalue weighted by Crippen LogP contribution is 2.51. The first kappa shape index (κ1) is 48.3. The number of unbranched alkanes of at least 4 members (excludes halogenated alkanes) is 5. The third kappa shape index (κ3) is 9.48. The summed E-state index contributed by atoms with van der Waals surface area (Å²) >= 11 is 0. The first-order valence-corrected chi connectivity index (χ1v) is 28.0. The Morgan fingerprint density at radius 2 is 0.904 bits per heavy atom. The van der Waals surface area contributed by atoms with Crippen LogP contribution >= 0.6 is 0 Å². The van der Waals surface area contributed by atoms with Crippen LogP contribution in [0, 0.1) is 0 Å². The third-order valence-corrected chi connectivity index (χ3v) is 15.7. The molecule has 0 spiro atoms. The summed E-state index contributed by atoms with van der Waals surface area (Å²) in [5, 5.41) is 2.28. The normalized spacial score (nSPS) is 12.6. The number of furan rings is 1. The lowest BCUT2D eigenvalue weighted by Gasteiger charge is -2.46. The number of hydrogen-bond acceptors (Lipinski definition) is 4. The number of rotatable bonds is 20. The van der Waals surface area contributed by atoms with Crippen molar-refractivity contribution in [3.63, 3.8) is 0 Å². The van der Waals surface area contributed by atoms with E-state index in [1.165, 1.54) is 130 Å². The molecule has 5 heteroatoms. The van der Waals surface area contributed by atoms with Crippen molar-refractivity contribution in [3.05, 3.63) is 192 Å². The van der Waals surface area contributed by atoms with Gasteiger partial charge in [-0.05, 0) is 187 Å². The molecule has 368 valence electrons. The molecule has 0 amide bonds. The summed E-state index contributed by atoms with van der Waals surface area (Å²) in [5.74, 6) is 0. The second-order valence-electron chi connectivity index (χ2n) is 20.9. The van der Waals surface area contributed by atoms with E-state index in [1.807, 2.05) is 0 Å². The molecule has 11 rings (SSSR count). The van der Waals surface area contributed by atoms with Gasteiger partial charge in [0, 0.05) is 67.9 Å². The second-order valence-corrected chi connectivity index (χ2v) is 20.9. The van der Waals surface area contributed by atoms with Crippen molar-refractivity contribution in [2.75, 3.05) is 14.6 Å². The highest BCUT2D eigenvalue weighted by Gasteiger charge is 2.46. The molecule has 4 nitrogen and oxygen atoms in total. The lowest BCUT2D eigenvalue weighted by Crippen LogP contribution is -2.61. The Balaban J connectivity index is 1.22. The van der Waals surface area contributed by atoms with E-state index < -0.39 is 0 Å². The summed E-state index contributed by atoms with van der Waals surface area (Å²) in [6.07, 6.45) is 17.2. The molecule has 0 aliphatic carbocycles. The Morgan fingerprint density at radius 3 is 1.47 bits per heavy atom. The summed E-state index contributed by atoms with van der Waals surface area (Å²) in [4.78, 5) is 7.78. The number of aryl methyl sites for hydroxylation is 5. The Labute approximate surface area is 435 Å². The Hall–Kier alpha value is -6.98. The summed E-state index contributed by atoms with van der Waals surface area (Å²) in [6, 6.07) is 63.6. The Bertz CT molecular complexity index is 3280. The molecule has 0 bridgehead atoms. The molecule has 3 heterocycles. The molecule has 0 unspecified atom stereocenters. The van der Waals surface area contributed by atoms with Crippen LogP contribution in [0.4, 0.5) is 45.5 Å². The fraction of sp³-hybridized carbons (Fsp3) is 0.294. The first-order chi connectivity index (χ1) is 36.0. The van der Waals surface area contributed by atoms with Gasteiger partial charge in [-0.15, -0.1) is 0 Å². The summed E-state index contributed by atoms with van der Waals surface area (Å²) in [7, 11) is 0. The molecular weight excluding hydrogens is 886 g/mol. The molecule has 8 aromatic carbocycles. The van der Waals surface area contributed by atoms with Crippen LogP contribution in [0.1, 0.15) is 127 Å². The van der Waals surface area contributed by atoms with Gasteiger partial charge in [-0.2, -0.15) is 0 Å². The molecule has 0 N–H and O–H groups in total. The maximum Gasteiger partial charge on any atom is 0.333 e. The zero-order valence-electron chi connectivity index (χ0n) is 44.0. The number of fused-ring (bicyclic) bond motifs is 7. The van der Waals surface area contributed by atoms with Gasteiger partial charge < -0.3 is 19.0 Å². The fourth-order valence-corrected chi connectivity index (χ4v) is 11.7. The average Bonchev–Trinajstić information content (AvgIpc) is 3.81. The first-order valence-electron chi connectivity index (χ1n) is 28.0. The number of para-hydroxylation sites is 1. The topological polar surface area (TPSA) is 22.9 Å². The molecule has 0 saturated carbocycles. The molecule has 0 fully saturated rings. The zero-order chi connectivity index (χ0) is 49.8. The highest BCUT2D eigenvalue weighted by molar-refractivity contribution is 6.93. The molecule has 0 radical (unpaired) electrons. The Morgan fingerprint density at radius 1 is 0.397 bits per heavy atom. The minimum absolute atomic E-state index is 0.115. The molecule has 9 aromatic rings. The van der Waals surface area contributed by atoms with Gasteiger partial charge in [-0.1, -0.05) is 146 Å². The monoisotopic (exact) mass is 958 g/mol. The van der Waals surface area contributed by atoms with Crippen molar-refractivity contribution in [2.45, 2.75) is 131 Å². The van der Waals surface area contributed by atoms with E-state index in [9.17, 15) is 0 Å². The van der Waals surface area contributed by atoms with Crippen molar-refractivity contribution in [1.82, 2.24) is 0 Å². The van der Waals surface area contributed by atoms with E-state index in [-0.39, 0.29) is 6.85 Å². The van der Waals surface area contributed by atoms with Crippen LogP contribution in [0.5, 0.6) is 0 Å². The van der Waals surface area contributed by atoms with Gasteiger partial charge in [0.1, 0.15) is 11.2 Å². The van der Waals surface area contributed by atoms with Crippen LogP contribution in [0.2, 0.25) is 0 Å². The summed E-state index contributed by atoms with van der Waals surface area (Å²) < 4.78 is 6.81. The minimum atomic E-state index is -0.115. The smallest absolute Gasteiger partial charge is 0.333 e. The molecule has 1 aromatic heterocycles. The largest absolute Gasteiger partial charge is 0.456 e. The van der Waals surface area contributed by atoms with Crippen molar-refractivity contribution in [1.29, 1.82) is 0 Å². The van der Waals surface area contributed by atoms with Crippen LogP contribution in [-0.2, 0) is 32.1 Å². The number of nitrogens with zero attached hydrogens (tertiary/aromatic N) is 3. The minimum Gasteiger partial charge on any atom is -0.456 e. The van der Waals surface area contributed by atoms with Gasteiger partial charge in [0.25, 0.3) is 0 Å². The zero-order valence-corrected chi connectivity index (χ0v) is 44.0. The van der Waals surface area contributed by atoms with Gasteiger partial charge in [-0.25, -0.2) is 0 Å². The highest BCUT2D eigenvalue weighted by atomic mass is 16.3. The van der Waals surface area contributed by atoms with Crippen LogP contribution in [0.3, 0.4) is 0 Å². The van der Waals surface area contributed by atoms with E-state index in [4.69, 9.17) is 4.42 Å². The molecule has 73 heavy (non-hydrogen) atoms. The second kappa shape index (κ2) is 21.6. The number of hydrogen-bond donors (Lipinski definition) is 0. The van der Waals surface area contributed by atoms with Crippen molar-refractivity contribution in [2.24, 2.45) is 0 Å². The summed E-state index contributed by atoms with van der Waals surface area (Å²) in [6.45, 7) is 11.3. The SMILES string of the molecule is CCCCc1ccc(N2B3c4cc(CCCC)ccc4N(c4ccc(CCCC)cc4)c4cc(N(c5ccc(CCCC)cc5)c5ccc(CCCC)cc5)cc(c43)-c3cc4c(cc32)oc2ccccc24)cc1. The van der Waals surface area contributed by atoms with E-state index in [2.05, 4.69) is 213 Å². The maximum absolute atomic E-state index is 6.81. The van der Waals surface area contributed by atoms with Gasteiger partial charge in [0.05, 0.1) is 0 Å². The summed E-state index contributed by atoms with van der Waals surface area (Å²) in [5.41, 5.74) is 23.3. The van der Waals surface area contributed by atoms with Gasteiger partial charge >= 0.3 is 6.85 Å². The molecular formula is C68H72BN3O. The van der Waals surface area contributed by atoms with Crippen LogP contribution in [0.25, 0.3) is 33.1 Å². The molecule has 2 aliphatic rings. The predicted molar refractivity (Wildman–Crippen MR) is 315 cm³/mol. The number of benzene rings is 8. The standard InChI is InChI=1S/C68H72BN3O/c1-6-11-18-48-25-34-53(35-26-48)70(54-36-27-49(28-37-54)19-12-7-2)57-44-61-59-46-60-58-23-16-17-24-66(58)73-67(60)47-64(59)72(56-40-31-51(32-41-56)21-14-9-4)69-62-43-52(22-15-10-5)33-42-63(62)71(65(45-57)68(61)69)55-38-29-50(30-39-55)20-13-8-3/h16-17,23-47H,6-15,18-22H2,1-5H3. The van der Waals surface area contributed by atoms with Crippen molar-refractivity contribution < 1.29 is 4.42 Å². The van der Waals surface area contributed by atoms with E-state index in [0.29, 0.717) is 0 Å². The van der Waals surface area contributed by atoms with Crippen LogP contribution in [0.15, 0.2) is 168 Å².